The molecule has 0 aliphatic carbocycles. The molecule has 0 saturated carbocycles. The standard InChI is InChI=1S/C16H27N3O2/c1-16(2,8-5-9-20)11-18-15(21)12-6-7-14(19(3)4)13(17)10-12/h6-7,10,20H,5,8-9,11,17H2,1-4H3,(H,18,21). The molecule has 1 aromatic rings. The highest BCUT2D eigenvalue weighted by Gasteiger charge is 2.19. The predicted octanol–water partition coefficient (Wildman–Crippen LogP) is 1.86. The van der Waals surface area contributed by atoms with Gasteiger partial charge in [0.1, 0.15) is 0 Å². The van der Waals surface area contributed by atoms with Gasteiger partial charge in [0, 0.05) is 32.8 Å². The van der Waals surface area contributed by atoms with Crippen LogP contribution in [0.25, 0.3) is 0 Å². The maximum Gasteiger partial charge on any atom is 0.251 e. The maximum absolute atomic E-state index is 12.2. The first kappa shape index (κ1) is 17.3. The summed E-state index contributed by atoms with van der Waals surface area (Å²) in [6.07, 6.45) is 1.61. The molecule has 118 valence electrons. The van der Waals surface area contributed by atoms with E-state index in [0.717, 1.165) is 18.5 Å². The van der Waals surface area contributed by atoms with E-state index >= 15 is 0 Å². The van der Waals surface area contributed by atoms with Crippen molar-refractivity contribution in [3.05, 3.63) is 23.8 Å². The Morgan fingerprint density at radius 1 is 1.38 bits per heavy atom. The normalized spacial score (nSPS) is 11.3. The van der Waals surface area contributed by atoms with Crippen molar-refractivity contribution in [2.75, 3.05) is 37.9 Å². The summed E-state index contributed by atoms with van der Waals surface area (Å²) >= 11 is 0. The molecule has 0 fully saturated rings. The van der Waals surface area contributed by atoms with Gasteiger partial charge >= 0.3 is 0 Å². The first-order valence-electron chi connectivity index (χ1n) is 7.23. The fourth-order valence-electron chi connectivity index (χ4n) is 2.17. The van der Waals surface area contributed by atoms with Gasteiger partial charge in [0.25, 0.3) is 5.91 Å². The summed E-state index contributed by atoms with van der Waals surface area (Å²) in [6, 6.07) is 5.33. The Balaban J connectivity index is 2.66. The molecule has 0 aromatic heterocycles. The number of hydrogen-bond donors (Lipinski definition) is 3. The van der Waals surface area contributed by atoms with Crippen molar-refractivity contribution in [1.82, 2.24) is 5.32 Å². The quantitative estimate of drug-likeness (QED) is 0.671. The number of benzene rings is 1. The van der Waals surface area contributed by atoms with Gasteiger partial charge in [0.05, 0.1) is 11.4 Å². The Kier molecular flexibility index (Phi) is 6.03. The summed E-state index contributed by atoms with van der Waals surface area (Å²) in [6.45, 7) is 4.90. The van der Waals surface area contributed by atoms with Gasteiger partial charge in [-0.3, -0.25) is 4.79 Å². The van der Waals surface area contributed by atoms with Crippen LogP contribution in [0.15, 0.2) is 18.2 Å². The molecule has 0 bridgehead atoms. The Bertz CT molecular complexity index is 484. The van der Waals surface area contributed by atoms with Crippen molar-refractivity contribution in [3.8, 4) is 0 Å². The van der Waals surface area contributed by atoms with Gasteiger partial charge in [-0.05, 0) is 36.5 Å². The molecule has 0 aliphatic heterocycles. The molecule has 0 saturated heterocycles. The molecule has 21 heavy (non-hydrogen) atoms. The zero-order chi connectivity index (χ0) is 16.0. The lowest BCUT2D eigenvalue weighted by atomic mass is 9.88. The van der Waals surface area contributed by atoms with E-state index < -0.39 is 0 Å². The number of hydrogen-bond acceptors (Lipinski definition) is 4. The zero-order valence-corrected chi connectivity index (χ0v) is 13.4. The van der Waals surface area contributed by atoms with E-state index in [2.05, 4.69) is 19.2 Å². The summed E-state index contributed by atoms with van der Waals surface area (Å²) in [5, 5.41) is 11.8. The van der Waals surface area contributed by atoms with E-state index in [1.165, 1.54) is 0 Å². The van der Waals surface area contributed by atoms with E-state index in [1.807, 2.05) is 25.1 Å². The average Bonchev–Trinajstić information content (AvgIpc) is 2.42. The summed E-state index contributed by atoms with van der Waals surface area (Å²) in [7, 11) is 3.82. The molecule has 0 radical (unpaired) electrons. The molecule has 5 heteroatoms. The van der Waals surface area contributed by atoms with Gasteiger partial charge in [-0.2, -0.15) is 0 Å². The molecule has 0 heterocycles. The largest absolute Gasteiger partial charge is 0.397 e. The van der Waals surface area contributed by atoms with Crippen LogP contribution in [0.3, 0.4) is 0 Å². The predicted molar refractivity (Wildman–Crippen MR) is 87.6 cm³/mol. The van der Waals surface area contributed by atoms with Gasteiger partial charge in [-0.15, -0.1) is 0 Å². The highest BCUT2D eigenvalue weighted by molar-refractivity contribution is 5.96. The van der Waals surface area contributed by atoms with E-state index in [-0.39, 0.29) is 17.9 Å². The molecule has 0 spiro atoms. The van der Waals surface area contributed by atoms with Crippen molar-refractivity contribution < 1.29 is 9.90 Å². The van der Waals surface area contributed by atoms with E-state index in [4.69, 9.17) is 10.8 Å². The molecule has 5 nitrogen and oxygen atoms in total. The van der Waals surface area contributed by atoms with E-state index in [9.17, 15) is 4.79 Å². The van der Waals surface area contributed by atoms with Crippen molar-refractivity contribution in [3.63, 3.8) is 0 Å². The third-order valence-electron chi connectivity index (χ3n) is 3.51. The molecule has 0 aliphatic rings. The second-order valence-electron chi connectivity index (χ2n) is 6.34. The number of nitrogen functional groups attached to an aromatic ring is 1. The second-order valence-corrected chi connectivity index (χ2v) is 6.34. The number of carbonyl (C=O) groups is 1. The molecule has 0 unspecified atom stereocenters. The third-order valence-corrected chi connectivity index (χ3v) is 3.51. The van der Waals surface area contributed by atoms with Crippen LogP contribution < -0.4 is 16.0 Å². The lowest BCUT2D eigenvalue weighted by Crippen LogP contribution is -2.34. The minimum atomic E-state index is -0.121. The van der Waals surface area contributed by atoms with E-state index in [0.29, 0.717) is 17.8 Å². The number of aliphatic hydroxyl groups is 1. The number of nitrogens with one attached hydrogen (secondary N) is 1. The smallest absolute Gasteiger partial charge is 0.251 e. The summed E-state index contributed by atoms with van der Waals surface area (Å²) in [4.78, 5) is 14.1. The van der Waals surface area contributed by atoms with Crippen molar-refractivity contribution in [2.45, 2.75) is 26.7 Å². The number of aliphatic hydroxyl groups excluding tert-OH is 1. The molecule has 1 aromatic carbocycles. The number of rotatable bonds is 7. The zero-order valence-electron chi connectivity index (χ0n) is 13.4. The van der Waals surface area contributed by atoms with Crippen LogP contribution in [0.2, 0.25) is 0 Å². The van der Waals surface area contributed by atoms with E-state index in [1.54, 1.807) is 12.1 Å². The van der Waals surface area contributed by atoms with Crippen molar-refractivity contribution >= 4 is 17.3 Å². The Hall–Kier alpha value is -1.75. The van der Waals surface area contributed by atoms with Gasteiger partial charge < -0.3 is 21.1 Å². The minimum Gasteiger partial charge on any atom is -0.397 e. The molecule has 1 amide bonds. The Morgan fingerprint density at radius 2 is 2.05 bits per heavy atom. The number of nitrogens with two attached hydrogens (primary N) is 1. The van der Waals surface area contributed by atoms with Crippen LogP contribution in [0.1, 0.15) is 37.0 Å². The molecule has 0 atom stereocenters. The minimum absolute atomic E-state index is 0.0342. The summed E-state index contributed by atoms with van der Waals surface area (Å²) in [5.41, 5.74) is 7.98. The summed E-state index contributed by atoms with van der Waals surface area (Å²) in [5.74, 6) is -0.121. The highest BCUT2D eigenvalue weighted by Crippen LogP contribution is 2.23. The fourth-order valence-corrected chi connectivity index (χ4v) is 2.17. The van der Waals surface area contributed by atoms with Gasteiger partial charge in [0.2, 0.25) is 0 Å². The molecule has 1 rings (SSSR count). The first-order valence-corrected chi connectivity index (χ1v) is 7.23. The van der Waals surface area contributed by atoms with Gasteiger partial charge in [-0.25, -0.2) is 0 Å². The SMILES string of the molecule is CN(C)c1ccc(C(=O)NCC(C)(C)CCCO)cc1N. The number of carbonyl (C=O) groups excluding carboxylic acids is 1. The van der Waals surface area contributed by atoms with Crippen LogP contribution in [0.5, 0.6) is 0 Å². The fraction of sp³-hybridized carbons (Fsp3) is 0.562. The maximum atomic E-state index is 12.2. The molecular weight excluding hydrogens is 266 g/mol. The van der Waals surface area contributed by atoms with Crippen LogP contribution >= 0.6 is 0 Å². The van der Waals surface area contributed by atoms with Crippen LogP contribution in [0.4, 0.5) is 11.4 Å². The molecular formula is C16H27N3O2. The Morgan fingerprint density at radius 3 is 2.57 bits per heavy atom. The summed E-state index contributed by atoms with van der Waals surface area (Å²) < 4.78 is 0. The van der Waals surface area contributed by atoms with Crippen molar-refractivity contribution in [2.24, 2.45) is 5.41 Å². The third kappa shape index (κ3) is 5.27. The Labute approximate surface area is 127 Å². The average molecular weight is 293 g/mol. The lowest BCUT2D eigenvalue weighted by Gasteiger charge is -2.24. The van der Waals surface area contributed by atoms with Gasteiger partial charge in [0.15, 0.2) is 0 Å². The topological polar surface area (TPSA) is 78.6 Å². The van der Waals surface area contributed by atoms with Gasteiger partial charge in [-0.1, -0.05) is 13.8 Å². The second kappa shape index (κ2) is 7.31. The first-order chi connectivity index (χ1) is 9.76. The van der Waals surface area contributed by atoms with Crippen molar-refractivity contribution in [1.29, 1.82) is 0 Å². The van der Waals surface area contributed by atoms with Crippen LogP contribution in [-0.2, 0) is 0 Å². The molecule has 4 N–H and O–H groups in total. The monoisotopic (exact) mass is 293 g/mol. The number of nitrogens with zero attached hydrogens (tertiary/aromatic N) is 1. The van der Waals surface area contributed by atoms with Crippen LogP contribution in [-0.4, -0.2) is 38.3 Å². The lowest BCUT2D eigenvalue weighted by molar-refractivity contribution is 0.0933. The highest BCUT2D eigenvalue weighted by atomic mass is 16.2. The number of anilines is 2. The van der Waals surface area contributed by atoms with Crippen LogP contribution in [0, 0.1) is 5.41 Å². The number of amides is 1.